The summed E-state index contributed by atoms with van der Waals surface area (Å²) in [6.07, 6.45) is -4.55. The van der Waals surface area contributed by atoms with Crippen LogP contribution < -0.4 is 15.6 Å². The number of hydrogen-bond acceptors (Lipinski definition) is 3. The average Bonchev–Trinajstić information content (AvgIpc) is 2.71. The summed E-state index contributed by atoms with van der Waals surface area (Å²) in [5, 5.41) is 2.57. The van der Waals surface area contributed by atoms with Crippen LogP contribution in [0.4, 0.5) is 13.2 Å². The third-order valence-electron chi connectivity index (χ3n) is 4.54. The van der Waals surface area contributed by atoms with Crippen LogP contribution in [0, 0.1) is 6.92 Å². The lowest BCUT2D eigenvalue weighted by Gasteiger charge is -2.18. The SMILES string of the molecule is Cc1cccc(-c2ccc(C(=O)NC(C)COc3ccccc3C(F)(F)F)c(=O)[nH]2)c1. The highest BCUT2D eigenvalue weighted by Crippen LogP contribution is 2.35. The molecule has 0 radical (unpaired) electrons. The largest absolute Gasteiger partial charge is 0.491 e. The van der Waals surface area contributed by atoms with Crippen LogP contribution in [0.1, 0.15) is 28.4 Å². The van der Waals surface area contributed by atoms with E-state index in [0.717, 1.165) is 17.2 Å². The molecule has 5 nitrogen and oxygen atoms in total. The number of carbonyl (C=O) groups is 1. The Balaban J connectivity index is 1.66. The Morgan fingerprint density at radius 2 is 1.84 bits per heavy atom. The molecular formula is C23H21F3N2O3. The number of carbonyl (C=O) groups excluding carboxylic acids is 1. The molecule has 3 rings (SSSR count). The Hall–Kier alpha value is -3.55. The fraction of sp³-hybridized carbons (Fsp3) is 0.217. The minimum atomic E-state index is -4.55. The molecule has 0 aliphatic rings. The van der Waals surface area contributed by atoms with E-state index in [4.69, 9.17) is 4.74 Å². The first-order valence-electron chi connectivity index (χ1n) is 9.55. The molecule has 31 heavy (non-hydrogen) atoms. The lowest BCUT2D eigenvalue weighted by molar-refractivity contribution is -0.139. The second kappa shape index (κ2) is 9.07. The van der Waals surface area contributed by atoms with Gasteiger partial charge in [0.15, 0.2) is 0 Å². The summed E-state index contributed by atoms with van der Waals surface area (Å²) in [6.45, 7) is 3.31. The van der Waals surface area contributed by atoms with Crippen LogP contribution in [0.3, 0.4) is 0 Å². The van der Waals surface area contributed by atoms with Crippen molar-refractivity contribution >= 4 is 5.91 Å². The Morgan fingerprint density at radius 3 is 2.52 bits per heavy atom. The second-order valence-corrected chi connectivity index (χ2v) is 7.16. The first-order chi connectivity index (χ1) is 14.6. The van der Waals surface area contributed by atoms with E-state index in [1.165, 1.54) is 24.3 Å². The zero-order valence-corrected chi connectivity index (χ0v) is 16.9. The van der Waals surface area contributed by atoms with Crippen LogP contribution in [-0.2, 0) is 6.18 Å². The lowest BCUT2D eigenvalue weighted by Crippen LogP contribution is -2.39. The number of aryl methyl sites for hydroxylation is 1. The maximum absolute atomic E-state index is 13.0. The fourth-order valence-corrected chi connectivity index (χ4v) is 3.02. The van der Waals surface area contributed by atoms with E-state index >= 15 is 0 Å². The van der Waals surface area contributed by atoms with Crippen LogP contribution in [0.2, 0.25) is 0 Å². The maximum Gasteiger partial charge on any atom is 0.419 e. The molecule has 1 aromatic heterocycles. The van der Waals surface area contributed by atoms with E-state index in [-0.39, 0.29) is 17.9 Å². The van der Waals surface area contributed by atoms with Gasteiger partial charge < -0.3 is 15.0 Å². The quantitative estimate of drug-likeness (QED) is 0.602. The normalized spacial score (nSPS) is 12.3. The second-order valence-electron chi connectivity index (χ2n) is 7.16. The average molecular weight is 430 g/mol. The third-order valence-corrected chi connectivity index (χ3v) is 4.54. The summed E-state index contributed by atoms with van der Waals surface area (Å²) in [6, 6.07) is 14.8. The summed E-state index contributed by atoms with van der Waals surface area (Å²) in [7, 11) is 0. The van der Waals surface area contributed by atoms with Crippen molar-refractivity contribution in [2.45, 2.75) is 26.1 Å². The number of H-pyrrole nitrogens is 1. The molecular weight excluding hydrogens is 409 g/mol. The predicted octanol–water partition coefficient (Wildman–Crippen LogP) is 4.57. The summed E-state index contributed by atoms with van der Waals surface area (Å²) < 4.78 is 44.4. The van der Waals surface area contributed by atoms with Crippen molar-refractivity contribution < 1.29 is 22.7 Å². The number of ether oxygens (including phenoxy) is 1. The molecule has 0 aliphatic heterocycles. The third kappa shape index (κ3) is 5.53. The number of rotatable bonds is 6. The number of nitrogens with one attached hydrogen (secondary N) is 2. The highest BCUT2D eigenvalue weighted by atomic mass is 19.4. The number of aromatic amines is 1. The summed E-state index contributed by atoms with van der Waals surface area (Å²) in [4.78, 5) is 27.5. The van der Waals surface area contributed by atoms with Crippen molar-refractivity contribution in [1.29, 1.82) is 0 Å². The van der Waals surface area contributed by atoms with Crippen LogP contribution in [0.25, 0.3) is 11.3 Å². The molecule has 0 saturated heterocycles. The van der Waals surface area contributed by atoms with Gasteiger partial charge in [-0.25, -0.2) is 0 Å². The lowest BCUT2D eigenvalue weighted by atomic mass is 10.1. The van der Waals surface area contributed by atoms with E-state index in [1.807, 2.05) is 31.2 Å². The van der Waals surface area contributed by atoms with Gasteiger partial charge in [0.2, 0.25) is 0 Å². The van der Waals surface area contributed by atoms with E-state index in [2.05, 4.69) is 10.3 Å². The van der Waals surface area contributed by atoms with Gasteiger partial charge in [-0.05, 0) is 49.7 Å². The molecule has 1 amide bonds. The number of benzene rings is 2. The smallest absolute Gasteiger partial charge is 0.419 e. The maximum atomic E-state index is 13.0. The van der Waals surface area contributed by atoms with Crippen molar-refractivity contribution in [2.75, 3.05) is 6.61 Å². The van der Waals surface area contributed by atoms with Crippen molar-refractivity contribution in [3.05, 3.63) is 87.7 Å². The molecule has 0 bridgehead atoms. The van der Waals surface area contributed by atoms with Crippen LogP contribution in [-0.4, -0.2) is 23.5 Å². The number of hydrogen-bond donors (Lipinski definition) is 2. The minimum absolute atomic E-state index is 0.0982. The van der Waals surface area contributed by atoms with Crippen molar-refractivity contribution in [3.8, 4) is 17.0 Å². The van der Waals surface area contributed by atoms with Gasteiger partial charge in [0.25, 0.3) is 11.5 Å². The molecule has 162 valence electrons. The predicted molar refractivity (Wildman–Crippen MR) is 111 cm³/mol. The van der Waals surface area contributed by atoms with Gasteiger partial charge in [-0.15, -0.1) is 0 Å². The topological polar surface area (TPSA) is 71.2 Å². The minimum Gasteiger partial charge on any atom is -0.491 e. The monoisotopic (exact) mass is 430 g/mol. The van der Waals surface area contributed by atoms with E-state index in [1.54, 1.807) is 13.0 Å². The Morgan fingerprint density at radius 1 is 1.10 bits per heavy atom. The molecule has 0 aliphatic carbocycles. The molecule has 1 unspecified atom stereocenters. The molecule has 8 heteroatoms. The fourth-order valence-electron chi connectivity index (χ4n) is 3.02. The summed E-state index contributed by atoms with van der Waals surface area (Å²) >= 11 is 0. The highest BCUT2D eigenvalue weighted by molar-refractivity contribution is 5.94. The molecule has 0 saturated carbocycles. The zero-order valence-electron chi connectivity index (χ0n) is 16.9. The standard InChI is InChI=1S/C23H21F3N2O3/c1-14-6-5-7-16(12-14)19-11-10-17(22(30)28-19)21(29)27-15(2)13-31-20-9-4-3-8-18(20)23(24,25)26/h3-12,15H,13H2,1-2H3,(H,27,29)(H,28,30). The van der Waals surface area contributed by atoms with E-state index in [9.17, 15) is 22.8 Å². The Labute approximate surface area is 176 Å². The molecule has 2 N–H and O–H groups in total. The molecule has 0 fully saturated rings. The van der Waals surface area contributed by atoms with Gasteiger partial charge in [0, 0.05) is 5.69 Å². The number of para-hydroxylation sites is 1. The molecule has 1 atom stereocenters. The first-order valence-corrected chi connectivity index (χ1v) is 9.55. The van der Waals surface area contributed by atoms with E-state index in [0.29, 0.717) is 5.69 Å². The molecule has 2 aromatic carbocycles. The van der Waals surface area contributed by atoms with Crippen molar-refractivity contribution in [1.82, 2.24) is 10.3 Å². The number of halogens is 3. The van der Waals surface area contributed by atoms with Gasteiger partial charge in [0.1, 0.15) is 17.9 Å². The highest BCUT2D eigenvalue weighted by Gasteiger charge is 2.34. The van der Waals surface area contributed by atoms with Gasteiger partial charge in [-0.3, -0.25) is 9.59 Å². The zero-order chi connectivity index (χ0) is 22.6. The molecule has 0 spiro atoms. The van der Waals surface area contributed by atoms with Crippen LogP contribution in [0.15, 0.2) is 65.5 Å². The van der Waals surface area contributed by atoms with Gasteiger partial charge in [-0.2, -0.15) is 13.2 Å². The van der Waals surface area contributed by atoms with E-state index < -0.39 is 29.2 Å². The summed E-state index contributed by atoms with van der Waals surface area (Å²) in [5.74, 6) is -0.964. The Bertz CT molecular complexity index is 1140. The van der Waals surface area contributed by atoms with Crippen molar-refractivity contribution in [3.63, 3.8) is 0 Å². The number of aromatic nitrogens is 1. The van der Waals surface area contributed by atoms with Crippen LogP contribution >= 0.6 is 0 Å². The summed E-state index contributed by atoms with van der Waals surface area (Å²) in [5.41, 5.74) is 0.864. The first kappa shape index (κ1) is 22.1. The van der Waals surface area contributed by atoms with Crippen molar-refractivity contribution in [2.24, 2.45) is 0 Å². The number of alkyl halides is 3. The van der Waals surface area contributed by atoms with Gasteiger partial charge >= 0.3 is 6.18 Å². The molecule has 1 heterocycles. The number of pyridine rings is 1. The molecule has 3 aromatic rings. The Kier molecular flexibility index (Phi) is 6.48. The van der Waals surface area contributed by atoms with Gasteiger partial charge in [0.05, 0.1) is 11.6 Å². The van der Waals surface area contributed by atoms with Gasteiger partial charge in [-0.1, -0.05) is 35.9 Å². The van der Waals surface area contributed by atoms with Crippen LogP contribution in [0.5, 0.6) is 5.75 Å². The number of amides is 1.